The Kier molecular flexibility index (Phi) is 80.3. The summed E-state index contributed by atoms with van der Waals surface area (Å²) in [6.45, 7) is 4.97. The molecule has 6 heteroatoms. The molecule has 0 spiro atoms. The number of rotatable bonds is 81. The van der Waals surface area contributed by atoms with Gasteiger partial charge in [0.25, 0.3) is 0 Å². The highest BCUT2D eigenvalue weighted by atomic mass is 16.5. The Bertz CT molecular complexity index is 1450. The SMILES string of the molecule is CCCCCCCCCCCCCCCCCCCC/C=C/C(O)C(CO)NC(=O)CCCCCCCCCCCCCCCCCCC/C=C\CCCCCCCCCCCCCCCCCCOC(=O)CCCCCCCCCCCCCCCCCCCC. The molecule has 3 N–H and O–H groups in total. The quantitative estimate of drug-likeness (QED) is 0.0320. The van der Waals surface area contributed by atoms with Crippen LogP contribution in [-0.4, -0.2) is 47.4 Å². The summed E-state index contributed by atoms with van der Waals surface area (Å²) in [7, 11) is 0. The maximum absolute atomic E-state index is 12.5. The molecule has 1 amide bonds. The molecule has 0 saturated carbocycles. The normalized spacial score (nSPS) is 12.5. The zero-order valence-electron chi connectivity index (χ0n) is 62.8. The monoisotopic (exact) mass is 1290 g/mol. The molecule has 0 aliphatic rings. The van der Waals surface area contributed by atoms with Crippen molar-refractivity contribution in [3.63, 3.8) is 0 Å². The number of hydrogen-bond acceptors (Lipinski definition) is 5. The number of amides is 1. The lowest BCUT2D eigenvalue weighted by Gasteiger charge is -2.20. The number of carbonyl (C=O) groups is 2. The molecule has 0 saturated heterocycles. The zero-order valence-corrected chi connectivity index (χ0v) is 62.8. The first-order valence-corrected chi connectivity index (χ1v) is 42.6. The summed E-state index contributed by atoms with van der Waals surface area (Å²) < 4.78 is 5.52. The van der Waals surface area contributed by atoms with Gasteiger partial charge in [0, 0.05) is 12.8 Å². The fourth-order valence-corrected chi connectivity index (χ4v) is 13.8. The Morgan fingerprint density at radius 2 is 0.511 bits per heavy atom. The van der Waals surface area contributed by atoms with Gasteiger partial charge in [-0.05, 0) is 57.8 Å². The van der Waals surface area contributed by atoms with Crippen LogP contribution in [-0.2, 0) is 14.3 Å². The van der Waals surface area contributed by atoms with Gasteiger partial charge in [-0.2, -0.15) is 0 Å². The molecule has 0 aliphatic heterocycles. The van der Waals surface area contributed by atoms with E-state index in [2.05, 4.69) is 31.3 Å². The summed E-state index contributed by atoms with van der Waals surface area (Å²) in [6.07, 6.45) is 106. The zero-order chi connectivity index (χ0) is 66.3. The molecule has 0 aromatic heterocycles. The van der Waals surface area contributed by atoms with Gasteiger partial charge in [-0.15, -0.1) is 0 Å². The van der Waals surface area contributed by atoms with Gasteiger partial charge in [-0.25, -0.2) is 0 Å². The molecule has 0 fully saturated rings. The number of aliphatic hydroxyl groups excluding tert-OH is 2. The first-order valence-electron chi connectivity index (χ1n) is 42.6. The second kappa shape index (κ2) is 81.8. The number of aliphatic hydroxyl groups is 2. The van der Waals surface area contributed by atoms with Crippen LogP contribution in [0.2, 0.25) is 0 Å². The van der Waals surface area contributed by atoms with E-state index in [4.69, 9.17) is 4.74 Å². The average molecular weight is 1300 g/mol. The Morgan fingerprint density at radius 3 is 0.772 bits per heavy atom. The van der Waals surface area contributed by atoms with Crippen molar-refractivity contribution in [1.82, 2.24) is 5.32 Å². The van der Waals surface area contributed by atoms with Gasteiger partial charge in [0.2, 0.25) is 5.91 Å². The van der Waals surface area contributed by atoms with E-state index in [1.165, 1.54) is 424 Å². The molecule has 546 valence electrons. The van der Waals surface area contributed by atoms with Crippen molar-refractivity contribution in [2.75, 3.05) is 13.2 Å². The van der Waals surface area contributed by atoms with Crippen LogP contribution in [0.25, 0.3) is 0 Å². The summed E-state index contributed by atoms with van der Waals surface area (Å²) in [4.78, 5) is 24.7. The maximum Gasteiger partial charge on any atom is 0.305 e. The highest BCUT2D eigenvalue weighted by Crippen LogP contribution is 2.21. The van der Waals surface area contributed by atoms with Crippen LogP contribution in [0.5, 0.6) is 0 Å². The first kappa shape index (κ1) is 90.3. The van der Waals surface area contributed by atoms with Crippen LogP contribution in [0.15, 0.2) is 24.3 Å². The maximum atomic E-state index is 12.5. The number of esters is 1. The Hall–Kier alpha value is -1.66. The Balaban J connectivity index is 3.33. The highest BCUT2D eigenvalue weighted by molar-refractivity contribution is 5.76. The van der Waals surface area contributed by atoms with Gasteiger partial charge in [0.1, 0.15) is 0 Å². The lowest BCUT2D eigenvalue weighted by atomic mass is 10.0. The van der Waals surface area contributed by atoms with Crippen molar-refractivity contribution in [3.8, 4) is 0 Å². The van der Waals surface area contributed by atoms with E-state index in [9.17, 15) is 19.8 Å². The third-order valence-corrected chi connectivity index (χ3v) is 20.2. The molecule has 0 aromatic carbocycles. The lowest BCUT2D eigenvalue weighted by Crippen LogP contribution is -2.45. The van der Waals surface area contributed by atoms with Crippen LogP contribution in [0.1, 0.15) is 489 Å². The molecule has 2 atom stereocenters. The van der Waals surface area contributed by atoms with Gasteiger partial charge in [-0.1, -0.05) is 443 Å². The minimum absolute atomic E-state index is 0.0269. The predicted octanol–water partition coefficient (Wildman–Crippen LogP) is 28.4. The van der Waals surface area contributed by atoms with Crippen molar-refractivity contribution in [2.45, 2.75) is 501 Å². The average Bonchev–Trinajstić information content (AvgIpc) is 3.40. The molecule has 0 radical (unpaired) electrons. The number of carbonyl (C=O) groups excluding carboxylic acids is 2. The number of allylic oxidation sites excluding steroid dienone is 3. The van der Waals surface area contributed by atoms with Crippen LogP contribution < -0.4 is 5.32 Å². The largest absolute Gasteiger partial charge is 0.466 e. The fourth-order valence-electron chi connectivity index (χ4n) is 13.8. The van der Waals surface area contributed by atoms with E-state index >= 15 is 0 Å². The van der Waals surface area contributed by atoms with Crippen molar-refractivity contribution in [2.24, 2.45) is 0 Å². The summed E-state index contributed by atoms with van der Waals surface area (Å²) in [5.74, 6) is -0.0322. The van der Waals surface area contributed by atoms with Crippen LogP contribution >= 0.6 is 0 Å². The lowest BCUT2D eigenvalue weighted by molar-refractivity contribution is -0.143. The van der Waals surface area contributed by atoms with Crippen LogP contribution in [0.3, 0.4) is 0 Å². The number of unbranched alkanes of at least 4 members (excludes halogenated alkanes) is 68. The number of ether oxygens (including phenoxy) is 1. The first-order chi connectivity index (χ1) is 45.5. The van der Waals surface area contributed by atoms with Gasteiger partial charge in [0.15, 0.2) is 0 Å². The standard InChI is InChI=1S/C86H167NO5/c1-3-5-7-9-11-13-15-17-19-21-23-43-46-50-54-58-62-66-70-74-78-84(89)83(82-88)87-85(90)79-75-71-67-63-59-55-51-47-44-41-39-37-35-33-31-29-27-25-24-26-28-30-32-34-36-38-40-42-45-49-53-57-61-65-69-73-77-81-92-86(91)80-76-72-68-64-60-56-52-48-22-20-18-16-14-12-10-8-6-4-2/h24,26,74,78,83-84,88-89H,3-23,25,27-73,75-77,79-82H2,1-2H3,(H,87,90)/b26-24-,78-74+. The Labute approximate surface area is 577 Å². The molecule has 0 aliphatic carbocycles. The smallest absolute Gasteiger partial charge is 0.305 e. The predicted molar refractivity (Wildman–Crippen MR) is 407 cm³/mol. The number of hydrogen-bond donors (Lipinski definition) is 3. The third-order valence-electron chi connectivity index (χ3n) is 20.2. The third kappa shape index (κ3) is 77.3. The van der Waals surface area contributed by atoms with E-state index in [1.807, 2.05) is 6.08 Å². The van der Waals surface area contributed by atoms with E-state index in [0.717, 1.165) is 38.5 Å². The van der Waals surface area contributed by atoms with Crippen LogP contribution in [0, 0.1) is 0 Å². The van der Waals surface area contributed by atoms with Gasteiger partial charge < -0.3 is 20.3 Å². The molecule has 2 unspecified atom stereocenters. The summed E-state index contributed by atoms with van der Waals surface area (Å²) in [5.41, 5.74) is 0. The summed E-state index contributed by atoms with van der Waals surface area (Å²) in [5, 5.41) is 23.3. The van der Waals surface area contributed by atoms with Crippen LogP contribution in [0.4, 0.5) is 0 Å². The van der Waals surface area contributed by atoms with Crippen molar-refractivity contribution < 1.29 is 24.5 Å². The van der Waals surface area contributed by atoms with E-state index < -0.39 is 12.1 Å². The van der Waals surface area contributed by atoms with Gasteiger partial charge >= 0.3 is 5.97 Å². The fraction of sp³-hybridized carbons (Fsp3) is 0.930. The minimum atomic E-state index is -0.842. The van der Waals surface area contributed by atoms with Gasteiger partial charge in [0.05, 0.1) is 25.4 Å². The van der Waals surface area contributed by atoms with Crippen molar-refractivity contribution >= 4 is 11.9 Å². The van der Waals surface area contributed by atoms with E-state index in [0.29, 0.717) is 19.4 Å². The van der Waals surface area contributed by atoms with Crippen molar-refractivity contribution in [1.29, 1.82) is 0 Å². The molecule has 92 heavy (non-hydrogen) atoms. The molecule has 0 heterocycles. The summed E-state index contributed by atoms with van der Waals surface area (Å²) >= 11 is 0. The minimum Gasteiger partial charge on any atom is -0.466 e. The highest BCUT2D eigenvalue weighted by Gasteiger charge is 2.18. The molecule has 0 aromatic rings. The molecule has 0 bridgehead atoms. The van der Waals surface area contributed by atoms with E-state index in [-0.39, 0.29) is 18.5 Å². The molecular formula is C86H167NO5. The van der Waals surface area contributed by atoms with E-state index in [1.54, 1.807) is 6.08 Å². The summed E-state index contributed by atoms with van der Waals surface area (Å²) in [6, 6.07) is -0.626. The molecule has 6 nitrogen and oxygen atoms in total. The second-order valence-corrected chi connectivity index (χ2v) is 29.5. The van der Waals surface area contributed by atoms with Gasteiger partial charge in [-0.3, -0.25) is 9.59 Å². The Morgan fingerprint density at radius 1 is 0.293 bits per heavy atom. The second-order valence-electron chi connectivity index (χ2n) is 29.5. The van der Waals surface area contributed by atoms with Crippen molar-refractivity contribution in [3.05, 3.63) is 24.3 Å². The number of nitrogens with one attached hydrogen (secondary N) is 1. The molecular weight excluding hydrogens is 1130 g/mol. The molecule has 0 rings (SSSR count). The topological polar surface area (TPSA) is 95.9 Å².